The number of aromatic nitrogens is 2. The largest absolute Gasteiger partial charge is 0.383 e. The summed E-state index contributed by atoms with van der Waals surface area (Å²) < 4.78 is 0. The van der Waals surface area contributed by atoms with E-state index in [1.165, 1.54) is 13.1 Å². The number of H-pyrrole nitrogens is 1. The second-order valence-electron chi connectivity index (χ2n) is 7.61. The number of benzene rings is 2. The van der Waals surface area contributed by atoms with Crippen LogP contribution < -0.4 is 16.4 Å². The Balaban J connectivity index is 1.65. The van der Waals surface area contributed by atoms with Gasteiger partial charge in [0.2, 0.25) is 5.78 Å². The molecule has 1 saturated carbocycles. The Labute approximate surface area is 179 Å². The molecule has 0 spiro atoms. The molecule has 5 N–H and O–H groups in total. The first kappa shape index (κ1) is 20.3. The fourth-order valence-corrected chi connectivity index (χ4v) is 3.28. The van der Waals surface area contributed by atoms with E-state index >= 15 is 0 Å². The van der Waals surface area contributed by atoms with Gasteiger partial charge in [-0.1, -0.05) is 18.2 Å². The molecule has 8 heteroatoms. The fourth-order valence-electron chi connectivity index (χ4n) is 3.28. The number of hydrogen-bond acceptors (Lipinski definition) is 5. The van der Waals surface area contributed by atoms with Crippen LogP contribution in [0.15, 0.2) is 42.5 Å². The van der Waals surface area contributed by atoms with Crippen molar-refractivity contribution in [1.29, 1.82) is 0 Å². The number of amides is 2. The van der Waals surface area contributed by atoms with Crippen molar-refractivity contribution in [3.05, 3.63) is 70.4 Å². The van der Waals surface area contributed by atoms with Crippen LogP contribution in [-0.4, -0.2) is 40.7 Å². The molecular weight excluding hydrogens is 394 g/mol. The molecule has 0 saturated heterocycles. The highest BCUT2D eigenvalue weighted by atomic mass is 16.2. The van der Waals surface area contributed by atoms with Crippen molar-refractivity contribution >= 4 is 23.4 Å². The van der Waals surface area contributed by atoms with Gasteiger partial charge in [-0.25, -0.2) is 4.98 Å². The van der Waals surface area contributed by atoms with E-state index in [0.29, 0.717) is 28.1 Å². The quantitative estimate of drug-likeness (QED) is 0.458. The number of nitrogens with zero attached hydrogens (tertiary/aromatic N) is 1. The zero-order valence-corrected chi connectivity index (χ0v) is 17.3. The summed E-state index contributed by atoms with van der Waals surface area (Å²) in [5.74, 6) is -0.293. The van der Waals surface area contributed by atoms with Crippen LogP contribution in [0.25, 0.3) is 11.4 Å². The molecule has 1 aliphatic carbocycles. The molecule has 1 aromatic heterocycles. The summed E-state index contributed by atoms with van der Waals surface area (Å²) in [6, 6.07) is 12.0. The van der Waals surface area contributed by atoms with Crippen LogP contribution in [0.5, 0.6) is 0 Å². The highest BCUT2D eigenvalue weighted by Crippen LogP contribution is 2.26. The summed E-state index contributed by atoms with van der Waals surface area (Å²) in [5.41, 5.74) is 8.90. The van der Waals surface area contributed by atoms with Gasteiger partial charge in [-0.05, 0) is 49.6 Å². The van der Waals surface area contributed by atoms with Crippen LogP contribution in [-0.2, 0) is 0 Å². The zero-order chi connectivity index (χ0) is 22.1. The first-order chi connectivity index (χ1) is 14.9. The number of aryl methyl sites for hydroxylation is 1. The molecule has 1 fully saturated rings. The van der Waals surface area contributed by atoms with E-state index in [9.17, 15) is 14.4 Å². The molecule has 0 unspecified atom stereocenters. The Morgan fingerprint density at radius 2 is 1.74 bits per heavy atom. The Hall–Kier alpha value is -3.94. The number of rotatable bonds is 6. The predicted molar refractivity (Wildman–Crippen MR) is 117 cm³/mol. The van der Waals surface area contributed by atoms with Crippen LogP contribution in [0, 0.1) is 6.92 Å². The molecule has 2 aromatic carbocycles. The maximum absolute atomic E-state index is 13.0. The molecular formula is C23H23N5O3. The summed E-state index contributed by atoms with van der Waals surface area (Å²) in [4.78, 5) is 44.7. The molecule has 3 aromatic rings. The van der Waals surface area contributed by atoms with Gasteiger partial charge in [0.1, 0.15) is 11.6 Å². The van der Waals surface area contributed by atoms with E-state index in [2.05, 4.69) is 20.6 Å². The van der Waals surface area contributed by atoms with Crippen LogP contribution in [0.2, 0.25) is 0 Å². The Morgan fingerprint density at radius 3 is 2.45 bits per heavy atom. The molecule has 4 rings (SSSR count). The minimum absolute atomic E-state index is 0.0660. The van der Waals surface area contributed by atoms with Crippen molar-refractivity contribution in [2.45, 2.75) is 25.8 Å². The number of anilines is 1. The van der Waals surface area contributed by atoms with Crippen LogP contribution >= 0.6 is 0 Å². The third-order valence-corrected chi connectivity index (χ3v) is 5.23. The van der Waals surface area contributed by atoms with Crippen molar-refractivity contribution < 1.29 is 14.4 Å². The Bertz CT molecular complexity index is 1190. The van der Waals surface area contributed by atoms with Crippen molar-refractivity contribution in [2.75, 3.05) is 12.8 Å². The lowest BCUT2D eigenvalue weighted by Crippen LogP contribution is -2.25. The number of aromatic amines is 1. The van der Waals surface area contributed by atoms with E-state index in [1.807, 2.05) is 13.0 Å². The van der Waals surface area contributed by atoms with Crippen LogP contribution in [0.3, 0.4) is 0 Å². The second-order valence-corrected chi connectivity index (χ2v) is 7.61. The average molecular weight is 417 g/mol. The monoisotopic (exact) mass is 417 g/mol. The fraction of sp³-hybridized carbons (Fsp3) is 0.217. The first-order valence-electron chi connectivity index (χ1n) is 10.0. The van der Waals surface area contributed by atoms with E-state index in [0.717, 1.165) is 18.4 Å². The maximum atomic E-state index is 13.0. The first-order valence-corrected chi connectivity index (χ1v) is 10.0. The summed E-state index contributed by atoms with van der Waals surface area (Å²) in [5, 5.41) is 5.49. The lowest BCUT2D eigenvalue weighted by molar-refractivity contribution is 0.0946. The van der Waals surface area contributed by atoms with Gasteiger partial charge in [0.25, 0.3) is 11.8 Å². The molecule has 0 bridgehead atoms. The maximum Gasteiger partial charge on any atom is 0.251 e. The highest BCUT2D eigenvalue weighted by molar-refractivity contribution is 6.11. The summed E-state index contributed by atoms with van der Waals surface area (Å²) in [7, 11) is 1.52. The predicted octanol–water partition coefficient (Wildman–Crippen LogP) is 2.45. The highest BCUT2D eigenvalue weighted by Gasteiger charge is 2.25. The molecule has 0 radical (unpaired) electrons. The molecule has 1 heterocycles. The summed E-state index contributed by atoms with van der Waals surface area (Å²) in [6.45, 7) is 1.89. The van der Waals surface area contributed by atoms with Crippen molar-refractivity contribution in [3.63, 3.8) is 0 Å². The summed E-state index contributed by atoms with van der Waals surface area (Å²) in [6.07, 6.45) is 2.01. The van der Waals surface area contributed by atoms with Gasteiger partial charge in [-0.15, -0.1) is 0 Å². The van der Waals surface area contributed by atoms with Gasteiger partial charge < -0.3 is 21.4 Å². The Morgan fingerprint density at radius 1 is 1.03 bits per heavy atom. The third kappa shape index (κ3) is 4.18. The number of nitrogen functional groups attached to an aromatic ring is 1. The molecule has 2 amide bonds. The van der Waals surface area contributed by atoms with Gasteiger partial charge in [0.05, 0.1) is 0 Å². The summed E-state index contributed by atoms with van der Waals surface area (Å²) >= 11 is 0. The van der Waals surface area contributed by atoms with Crippen molar-refractivity contribution in [3.8, 4) is 11.4 Å². The number of nitrogens with one attached hydrogen (secondary N) is 3. The van der Waals surface area contributed by atoms with Crippen molar-refractivity contribution in [2.24, 2.45) is 0 Å². The lowest BCUT2D eigenvalue weighted by Gasteiger charge is -2.07. The second kappa shape index (κ2) is 8.06. The van der Waals surface area contributed by atoms with Crippen LogP contribution in [0.1, 0.15) is 55.2 Å². The van der Waals surface area contributed by atoms with Crippen molar-refractivity contribution in [1.82, 2.24) is 20.6 Å². The average Bonchev–Trinajstić information content (AvgIpc) is 3.51. The smallest absolute Gasteiger partial charge is 0.251 e. The minimum atomic E-state index is -0.397. The van der Waals surface area contributed by atoms with Gasteiger partial charge >= 0.3 is 0 Å². The van der Waals surface area contributed by atoms with E-state index in [1.54, 1.807) is 30.3 Å². The molecule has 1 aliphatic rings. The number of hydrogen-bond donors (Lipinski definition) is 4. The topological polar surface area (TPSA) is 130 Å². The molecule has 0 aliphatic heterocycles. The zero-order valence-electron chi connectivity index (χ0n) is 17.3. The standard InChI is InChI=1S/C23H23N5O3/c1-12-6-7-15(23(31)26-16-8-9-16)11-17(12)21-27-18(20(24)28-21)19(29)13-4-3-5-14(10-13)22(30)25-2/h3-7,10-11,16H,8-9,24H2,1-2H3,(H,25,30)(H,26,31)(H,27,28). The number of imidazole rings is 1. The normalized spacial score (nSPS) is 13.0. The minimum Gasteiger partial charge on any atom is -0.383 e. The molecule has 8 nitrogen and oxygen atoms in total. The number of nitrogens with two attached hydrogens (primary N) is 1. The third-order valence-electron chi connectivity index (χ3n) is 5.23. The molecule has 0 atom stereocenters. The number of carbonyl (C=O) groups excluding carboxylic acids is 3. The van der Waals surface area contributed by atoms with Gasteiger partial charge in [0, 0.05) is 35.3 Å². The Kier molecular flexibility index (Phi) is 5.29. The van der Waals surface area contributed by atoms with E-state index in [4.69, 9.17) is 5.73 Å². The molecule has 158 valence electrons. The number of ketones is 1. The number of carbonyl (C=O) groups is 3. The molecule has 31 heavy (non-hydrogen) atoms. The van der Waals surface area contributed by atoms with Gasteiger partial charge in [0.15, 0.2) is 5.69 Å². The van der Waals surface area contributed by atoms with Gasteiger partial charge in [-0.2, -0.15) is 0 Å². The van der Waals surface area contributed by atoms with E-state index in [-0.39, 0.29) is 29.4 Å². The van der Waals surface area contributed by atoms with Crippen LogP contribution in [0.4, 0.5) is 5.82 Å². The SMILES string of the molecule is CNC(=O)c1cccc(C(=O)c2nc(-c3cc(C(=O)NC4CC4)ccc3C)[nH]c2N)c1. The van der Waals surface area contributed by atoms with Gasteiger partial charge in [-0.3, -0.25) is 14.4 Å². The lowest BCUT2D eigenvalue weighted by atomic mass is 10.0. The van der Waals surface area contributed by atoms with E-state index < -0.39 is 5.78 Å².